The predicted octanol–water partition coefficient (Wildman–Crippen LogP) is 2.44. The third kappa shape index (κ3) is 4.17. The molecule has 0 spiro atoms. The molecule has 2 N–H and O–H groups in total. The molecule has 1 heterocycles. The predicted molar refractivity (Wildman–Crippen MR) is 88.7 cm³/mol. The molecule has 0 radical (unpaired) electrons. The maximum atomic E-state index is 13.8. The molecule has 5 nitrogen and oxygen atoms in total. The van der Waals surface area contributed by atoms with E-state index in [9.17, 15) is 18.7 Å². The second-order valence-corrected chi connectivity index (χ2v) is 5.85. The summed E-state index contributed by atoms with van der Waals surface area (Å²) in [5.74, 6) is -1.36. The summed E-state index contributed by atoms with van der Waals surface area (Å²) in [6.45, 7) is 0.775. The Morgan fingerprint density at radius 3 is 2.84 bits per heavy atom. The first-order chi connectivity index (χ1) is 12.0. The summed E-state index contributed by atoms with van der Waals surface area (Å²) in [6.07, 6.45) is 0.652. The van der Waals surface area contributed by atoms with Crippen molar-refractivity contribution in [1.82, 2.24) is 5.32 Å². The number of rotatable bonds is 5. The van der Waals surface area contributed by atoms with E-state index in [0.717, 1.165) is 6.07 Å². The normalized spacial score (nSPS) is 16.7. The van der Waals surface area contributed by atoms with Gasteiger partial charge in [-0.3, -0.25) is 4.79 Å². The minimum atomic E-state index is -0.619. The number of ether oxygens (including phenoxy) is 1. The van der Waals surface area contributed by atoms with Gasteiger partial charge < -0.3 is 20.1 Å². The molecule has 1 atom stereocenters. The lowest BCUT2D eigenvalue weighted by atomic mass is 10.2. The van der Waals surface area contributed by atoms with Gasteiger partial charge in [0.05, 0.1) is 5.69 Å². The third-order valence-electron chi connectivity index (χ3n) is 4.03. The number of phenolic OH excluding ortho intramolecular Hbond substituents is 1. The average molecular weight is 348 g/mol. The highest BCUT2D eigenvalue weighted by molar-refractivity contribution is 5.78. The standard InChI is InChI=1S/C18H18F2N2O3/c19-12-5-6-15(14(20)9-12)22-8-7-13(10-22)21-18(24)11-25-17-4-2-1-3-16(17)23/h1-6,9,13,23H,7-8,10-11H2,(H,21,24)/t13-/m0/s1. The molecule has 2 aromatic carbocycles. The minimum absolute atomic E-state index is 0.0332. The number of halogens is 2. The number of benzene rings is 2. The van der Waals surface area contributed by atoms with Gasteiger partial charge in [-0.25, -0.2) is 8.78 Å². The number of anilines is 1. The number of para-hydroxylation sites is 2. The number of carbonyl (C=O) groups is 1. The van der Waals surface area contributed by atoms with Gasteiger partial charge in [0.2, 0.25) is 0 Å². The maximum Gasteiger partial charge on any atom is 0.258 e. The first-order valence-electron chi connectivity index (χ1n) is 7.93. The molecule has 7 heteroatoms. The molecule has 3 rings (SSSR count). The Morgan fingerprint density at radius 1 is 1.28 bits per heavy atom. The van der Waals surface area contributed by atoms with Crippen molar-refractivity contribution in [2.75, 3.05) is 24.6 Å². The summed E-state index contributed by atoms with van der Waals surface area (Å²) in [6, 6.07) is 9.70. The van der Waals surface area contributed by atoms with Crippen LogP contribution in [0.2, 0.25) is 0 Å². The van der Waals surface area contributed by atoms with Gasteiger partial charge in [0, 0.05) is 25.2 Å². The van der Waals surface area contributed by atoms with Crippen LogP contribution >= 0.6 is 0 Å². The highest BCUT2D eigenvalue weighted by atomic mass is 19.1. The van der Waals surface area contributed by atoms with Crippen LogP contribution in [0.5, 0.6) is 11.5 Å². The van der Waals surface area contributed by atoms with Crippen molar-refractivity contribution in [2.45, 2.75) is 12.5 Å². The fourth-order valence-corrected chi connectivity index (χ4v) is 2.83. The van der Waals surface area contributed by atoms with E-state index in [2.05, 4.69) is 5.32 Å². The van der Waals surface area contributed by atoms with Gasteiger partial charge >= 0.3 is 0 Å². The number of nitrogens with one attached hydrogen (secondary N) is 1. The molecule has 2 aromatic rings. The molecule has 1 fully saturated rings. The summed E-state index contributed by atoms with van der Waals surface area (Å²) in [5, 5.41) is 12.4. The van der Waals surface area contributed by atoms with E-state index in [4.69, 9.17) is 4.74 Å². The second kappa shape index (κ2) is 7.38. The van der Waals surface area contributed by atoms with E-state index in [1.165, 1.54) is 18.2 Å². The lowest BCUT2D eigenvalue weighted by Gasteiger charge is -2.19. The van der Waals surface area contributed by atoms with Crippen LogP contribution in [0.3, 0.4) is 0 Å². The Kier molecular flexibility index (Phi) is 5.02. The Balaban J connectivity index is 1.51. The number of hydrogen-bond acceptors (Lipinski definition) is 4. The van der Waals surface area contributed by atoms with Gasteiger partial charge in [-0.15, -0.1) is 0 Å². The molecule has 1 aliphatic rings. The van der Waals surface area contributed by atoms with Crippen LogP contribution in [-0.4, -0.2) is 36.8 Å². The van der Waals surface area contributed by atoms with Crippen molar-refractivity contribution >= 4 is 11.6 Å². The summed E-state index contributed by atoms with van der Waals surface area (Å²) in [4.78, 5) is 13.7. The topological polar surface area (TPSA) is 61.8 Å². The quantitative estimate of drug-likeness (QED) is 0.871. The molecule has 1 amide bonds. The van der Waals surface area contributed by atoms with Crippen LogP contribution in [0, 0.1) is 11.6 Å². The number of phenols is 1. The lowest BCUT2D eigenvalue weighted by Crippen LogP contribution is -2.39. The van der Waals surface area contributed by atoms with Crippen molar-refractivity contribution in [3.63, 3.8) is 0 Å². The summed E-state index contributed by atoms with van der Waals surface area (Å²) in [5.41, 5.74) is 0.323. The monoisotopic (exact) mass is 348 g/mol. The van der Waals surface area contributed by atoms with Crippen molar-refractivity contribution in [2.24, 2.45) is 0 Å². The molecular formula is C18H18F2N2O3. The van der Waals surface area contributed by atoms with Crippen LogP contribution in [0.4, 0.5) is 14.5 Å². The highest BCUT2D eigenvalue weighted by Gasteiger charge is 2.26. The summed E-state index contributed by atoms with van der Waals surface area (Å²) in [7, 11) is 0. The zero-order valence-corrected chi connectivity index (χ0v) is 13.4. The molecule has 0 unspecified atom stereocenters. The first kappa shape index (κ1) is 17.0. The fraction of sp³-hybridized carbons (Fsp3) is 0.278. The third-order valence-corrected chi connectivity index (χ3v) is 4.03. The lowest BCUT2D eigenvalue weighted by molar-refractivity contribution is -0.123. The van der Waals surface area contributed by atoms with E-state index >= 15 is 0 Å². The van der Waals surface area contributed by atoms with Crippen LogP contribution in [0.25, 0.3) is 0 Å². The Bertz CT molecular complexity index is 770. The summed E-state index contributed by atoms with van der Waals surface area (Å²) >= 11 is 0. The van der Waals surface area contributed by atoms with Crippen molar-refractivity contribution in [3.8, 4) is 11.5 Å². The SMILES string of the molecule is O=C(COc1ccccc1O)N[C@H]1CCN(c2ccc(F)cc2F)C1. The molecule has 0 aromatic heterocycles. The van der Waals surface area contributed by atoms with Crippen LogP contribution in [-0.2, 0) is 4.79 Å². The molecule has 132 valence electrons. The smallest absolute Gasteiger partial charge is 0.258 e. The van der Waals surface area contributed by atoms with E-state index in [1.54, 1.807) is 23.1 Å². The number of carbonyl (C=O) groups excluding carboxylic acids is 1. The molecular weight excluding hydrogens is 330 g/mol. The Morgan fingerprint density at radius 2 is 2.08 bits per heavy atom. The van der Waals surface area contributed by atoms with Gasteiger partial charge in [0.1, 0.15) is 11.6 Å². The molecule has 0 aliphatic carbocycles. The Labute approximate surface area is 143 Å². The van der Waals surface area contributed by atoms with E-state index in [0.29, 0.717) is 25.2 Å². The van der Waals surface area contributed by atoms with Crippen molar-refractivity contribution in [1.29, 1.82) is 0 Å². The molecule has 1 aliphatic heterocycles. The van der Waals surface area contributed by atoms with Crippen LogP contribution in [0.15, 0.2) is 42.5 Å². The molecule has 0 saturated carbocycles. The number of nitrogens with zero attached hydrogens (tertiary/aromatic N) is 1. The van der Waals surface area contributed by atoms with Crippen molar-refractivity contribution < 1.29 is 23.4 Å². The Hall–Kier alpha value is -2.83. The van der Waals surface area contributed by atoms with Gasteiger partial charge in [0.15, 0.2) is 18.1 Å². The van der Waals surface area contributed by atoms with Gasteiger partial charge in [-0.05, 0) is 30.7 Å². The fourth-order valence-electron chi connectivity index (χ4n) is 2.83. The maximum absolute atomic E-state index is 13.8. The zero-order chi connectivity index (χ0) is 17.8. The van der Waals surface area contributed by atoms with E-state index in [-0.39, 0.29) is 30.1 Å². The number of hydrogen-bond donors (Lipinski definition) is 2. The van der Waals surface area contributed by atoms with Gasteiger partial charge in [-0.2, -0.15) is 0 Å². The average Bonchev–Trinajstić information content (AvgIpc) is 3.02. The largest absolute Gasteiger partial charge is 0.504 e. The van der Waals surface area contributed by atoms with Crippen LogP contribution in [0.1, 0.15) is 6.42 Å². The molecule has 0 bridgehead atoms. The zero-order valence-electron chi connectivity index (χ0n) is 13.4. The van der Waals surface area contributed by atoms with Crippen LogP contribution < -0.4 is 15.0 Å². The van der Waals surface area contributed by atoms with Crippen molar-refractivity contribution in [3.05, 3.63) is 54.1 Å². The molecule has 1 saturated heterocycles. The summed E-state index contributed by atoms with van der Waals surface area (Å²) < 4.78 is 32.1. The first-order valence-corrected chi connectivity index (χ1v) is 7.93. The molecule has 25 heavy (non-hydrogen) atoms. The number of amides is 1. The second-order valence-electron chi connectivity index (χ2n) is 5.85. The van der Waals surface area contributed by atoms with E-state index < -0.39 is 11.6 Å². The minimum Gasteiger partial charge on any atom is -0.504 e. The number of aromatic hydroxyl groups is 1. The van der Waals surface area contributed by atoms with Gasteiger partial charge in [-0.1, -0.05) is 12.1 Å². The van der Waals surface area contributed by atoms with E-state index in [1.807, 2.05) is 0 Å². The van der Waals surface area contributed by atoms with Gasteiger partial charge in [0.25, 0.3) is 5.91 Å². The highest BCUT2D eigenvalue weighted by Crippen LogP contribution is 2.25.